The molecule has 0 spiro atoms. The molecule has 1 N–H and O–H groups in total. The van der Waals surface area contributed by atoms with Crippen LogP contribution in [0.1, 0.15) is 39.5 Å². The maximum absolute atomic E-state index is 10.6. The van der Waals surface area contributed by atoms with Crippen LogP contribution < -0.4 is 0 Å². The van der Waals surface area contributed by atoms with Gasteiger partial charge in [0.25, 0.3) is 0 Å². The van der Waals surface area contributed by atoms with E-state index in [1.165, 1.54) is 6.42 Å². The van der Waals surface area contributed by atoms with Crippen LogP contribution in [0, 0.1) is 17.8 Å². The molecular weight excluding hydrogens is 176 g/mol. The first-order valence-electron chi connectivity index (χ1n) is 5.41. The highest BCUT2D eigenvalue weighted by Crippen LogP contribution is 2.36. The average molecular weight is 196 g/mol. The van der Waals surface area contributed by atoms with E-state index < -0.39 is 5.97 Å². The third-order valence-corrected chi connectivity index (χ3v) is 3.54. The lowest BCUT2D eigenvalue weighted by Crippen LogP contribution is -2.21. The van der Waals surface area contributed by atoms with Crippen LogP contribution in [0.2, 0.25) is 0 Å². The lowest BCUT2D eigenvalue weighted by Gasteiger charge is -2.32. The van der Waals surface area contributed by atoms with Gasteiger partial charge in [-0.2, -0.15) is 0 Å². The van der Waals surface area contributed by atoms with Crippen LogP contribution >= 0.6 is 0 Å². The first kappa shape index (κ1) is 11.3. The summed E-state index contributed by atoms with van der Waals surface area (Å²) in [5.41, 5.74) is 0.372. The van der Waals surface area contributed by atoms with Crippen molar-refractivity contribution in [3.05, 3.63) is 12.2 Å². The van der Waals surface area contributed by atoms with Crippen molar-refractivity contribution < 1.29 is 9.90 Å². The first-order valence-corrected chi connectivity index (χ1v) is 5.41. The number of rotatable bonds is 3. The van der Waals surface area contributed by atoms with E-state index >= 15 is 0 Å². The molecule has 0 aromatic heterocycles. The van der Waals surface area contributed by atoms with Crippen molar-refractivity contribution in [2.45, 2.75) is 39.5 Å². The Kier molecular flexibility index (Phi) is 3.73. The normalized spacial score (nSPS) is 32.6. The Labute approximate surface area is 86.0 Å². The fourth-order valence-corrected chi connectivity index (χ4v) is 2.28. The number of carboxylic acids is 1. The Morgan fingerprint density at radius 3 is 2.50 bits per heavy atom. The summed E-state index contributed by atoms with van der Waals surface area (Å²) in [7, 11) is 0. The van der Waals surface area contributed by atoms with Gasteiger partial charge < -0.3 is 5.11 Å². The number of carbonyl (C=O) groups is 1. The number of carboxylic acid groups (broad SMARTS) is 1. The van der Waals surface area contributed by atoms with E-state index in [4.69, 9.17) is 5.11 Å². The summed E-state index contributed by atoms with van der Waals surface area (Å²) in [5, 5.41) is 8.73. The van der Waals surface area contributed by atoms with Crippen molar-refractivity contribution in [3.63, 3.8) is 0 Å². The Hall–Kier alpha value is -0.790. The molecule has 2 nitrogen and oxygen atoms in total. The van der Waals surface area contributed by atoms with E-state index in [-0.39, 0.29) is 0 Å². The first-order chi connectivity index (χ1) is 6.50. The van der Waals surface area contributed by atoms with Crippen LogP contribution in [0.5, 0.6) is 0 Å². The van der Waals surface area contributed by atoms with Gasteiger partial charge in [-0.3, -0.25) is 0 Å². The average Bonchev–Trinajstić information content (AvgIpc) is 2.11. The maximum Gasteiger partial charge on any atom is 0.330 e. The summed E-state index contributed by atoms with van der Waals surface area (Å²) in [6.07, 6.45) is 4.23. The highest BCUT2D eigenvalue weighted by Gasteiger charge is 2.25. The van der Waals surface area contributed by atoms with E-state index in [9.17, 15) is 4.79 Å². The summed E-state index contributed by atoms with van der Waals surface area (Å²) >= 11 is 0. The van der Waals surface area contributed by atoms with Crippen LogP contribution in [0.15, 0.2) is 12.2 Å². The molecule has 3 unspecified atom stereocenters. The largest absolute Gasteiger partial charge is 0.478 e. The molecule has 80 valence electrons. The Morgan fingerprint density at radius 2 is 2.00 bits per heavy atom. The summed E-state index contributed by atoms with van der Waals surface area (Å²) in [6, 6.07) is 0. The number of hydrogen-bond acceptors (Lipinski definition) is 1. The lowest BCUT2D eigenvalue weighted by molar-refractivity contribution is -0.132. The quantitative estimate of drug-likeness (QED) is 0.704. The molecule has 0 saturated heterocycles. The predicted octanol–water partition coefficient (Wildman–Crippen LogP) is 3.09. The second kappa shape index (κ2) is 4.63. The molecule has 0 aliphatic heterocycles. The van der Waals surface area contributed by atoms with E-state index in [1.807, 2.05) is 0 Å². The Balaban J connectivity index is 2.40. The van der Waals surface area contributed by atoms with Gasteiger partial charge in [0.1, 0.15) is 0 Å². The van der Waals surface area contributed by atoms with E-state index in [0.29, 0.717) is 17.9 Å². The fraction of sp³-hybridized carbons (Fsp3) is 0.750. The predicted molar refractivity (Wildman–Crippen MR) is 57.1 cm³/mol. The second-order valence-corrected chi connectivity index (χ2v) is 4.75. The van der Waals surface area contributed by atoms with E-state index in [0.717, 1.165) is 24.7 Å². The van der Waals surface area contributed by atoms with Crippen LogP contribution in [0.25, 0.3) is 0 Å². The van der Waals surface area contributed by atoms with Crippen molar-refractivity contribution in [2.75, 3.05) is 0 Å². The molecule has 2 heteroatoms. The van der Waals surface area contributed by atoms with Crippen molar-refractivity contribution in [3.8, 4) is 0 Å². The molecule has 1 rings (SSSR count). The third-order valence-electron chi connectivity index (χ3n) is 3.54. The van der Waals surface area contributed by atoms with Gasteiger partial charge in [0.15, 0.2) is 0 Å². The third kappa shape index (κ3) is 2.86. The molecular formula is C12H20O2. The molecule has 1 aliphatic carbocycles. The van der Waals surface area contributed by atoms with Crippen molar-refractivity contribution in [1.29, 1.82) is 0 Å². The van der Waals surface area contributed by atoms with Gasteiger partial charge >= 0.3 is 5.97 Å². The summed E-state index contributed by atoms with van der Waals surface area (Å²) in [5.74, 6) is 1.24. The van der Waals surface area contributed by atoms with Gasteiger partial charge in [0, 0.05) is 5.57 Å². The summed E-state index contributed by atoms with van der Waals surface area (Å²) in [6.45, 7) is 8.14. The van der Waals surface area contributed by atoms with Crippen LogP contribution in [-0.4, -0.2) is 11.1 Å². The minimum Gasteiger partial charge on any atom is -0.478 e. The fourth-order valence-electron chi connectivity index (χ4n) is 2.28. The Bertz CT molecular complexity index is 232. The molecule has 0 amide bonds. The molecule has 0 aromatic rings. The standard InChI is InChI=1S/C12H20O2/c1-8-4-5-11(6-9(8)2)7-10(3)12(13)14/h8-9,11H,3-7H2,1-2H3,(H,13,14). The molecule has 0 heterocycles. The van der Waals surface area contributed by atoms with E-state index in [2.05, 4.69) is 20.4 Å². The zero-order valence-corrected chi connectivity index (χ0v) is 9.12. The van der Waals surface area contributed by atoms with Gasteiger partial charge in [-0.05, 0) is 37.0 Å². The van der Waals surface area contributed by atoms with Crippen molar-refractivity contribution >= 4 is 5.97 Å². The minimum atomic E-state index is -0.837. The van der Waals surface area contributed by atoms with Gasteiger partial charge in [-0.15, -0.1) is 0 Å². The second-order valence-electron chi connectivity index (χ2n) is 4.75. The Morgan fingerprint density at radius 1 is 1.36 bits per heavy atom. The molecule has 3 atom stereocenters. The van der Waals surface area contributed by atoms with Crippen LogP contribution in [-0.2, 0) is 4.79 Å². The van der Waals surface area contributed by atoms with Crippen LogP contribution in [0.4, 0.5) is 0 Å². The lowest BCUT2D eigenvalue weighted by atomic mass is 9.74. The number of hydrogen-bond donors (Lipinski definition) is 1. The molecule has 1 aliphatic rings. The van der Waals surface area contributed by atoms with Gasteiger partial charge in [0.2, 0.25) is 0 Å². The molecule has 0 bridgehead atoms. The zero-order chi connectivity index (χ0) is 10.7. The SMILES string of the molecule is C=C(CC1CCC(C)C(C)C1)C(=O)O. The van der Waals surface area contributed by atoms with Gasteiger partial charge in [0.05, 0.1) is 0 Å². The van der Waals surface area contributed by atoms with Crippen molar-refractivity contribution in [2.24, 2.45) is 17.8 Å². The van der Waals surface area contributed by atoms with Gasteiger partial charge in [-0.25, -0.2) is 4.79 Å². The summed E-state index contributed by atoms with van der Waals surface area (Å²) < 4.78 is 0. The van der Waals surface area contributed by atoms with E-state index in [1.54, 1.807) is 0 Å². The molecule has 1 saturated carbocycles. The topological polar surface area (TPSA) is 37.3 Å². The summed E-state index contributed by atoms with van der Waals surface area (Å²) in [4.78, 5) is 10.6. The zero-order valence-electron chi connectivity index (χ0n) is 9.12. The molecule has 0 aromatic carbocycles. The minimum absolute atomic E-state index is 0.372. The van der Waals surface area contributed by atoms with Crippen LogP contribution in [0.3, 0.4) is 0 Å². The maximum atomic E-state index is 10.6. The molecule has 1 fully saturated rings. The van der Waals surface area contributed by atoms with Gasteiger partial charge in [-0.1, -0.05) is 26.8 Å². The molecule has 0 radical (unpaired) electrons. The smallest absolute Gasteiger partial charge is 0.330 e. The highest BCUT2D eigenvalue weighted by molar-refractivity contribution is 5.85. The monoisotopic (exact) mass is 196 g/mol. The van der Waals surface area contributed by atoms with Crippen molar-refractivity contribution in [1.82, 2.24) is 0 Å². The molecule has 14 heavy (non-hydrogen) atoms. The highest BCUT2D eigenvalue weighted by atomic mass is 16.4. The number of aliphatic carboxylic acids is 1.